The molecule has 5 rings (SSSR count). The maximum absolute atomic E-state index is 13.2. The van der Waals surface area contributed by atoms with Crippen molar-refractivity contribution in [2.24, 2.45) is 11.8 Å². The van der Waals surface area contributed by atoms with Crippen LogP contribution in [0.25, 0.3) is 0 Å². The summed E-state index contributed by atoms with van der Waals surface area (Å²) in [7, 11) is 1.37. The third-order valence-corrected chi connectivity index (χ3v) is 7.48. The second-order valence-electron chi connectivity index (χ2n) is 9.20. The molecular weight excluding hydrogens is 378 g/mol. The number of rotatable bonds is 2. The molecule has 1 aromatic rings. The van der Waals surface area contributed by atoms with E-state index in [0.29, 0.717) is 23.1 Å². The van der Waals surface area contributed by atoms with Crippen molar-refractivity contribution in [2.45, 2.75) is 50.6 Å². The lowest BCUT2D eigenvalue weighted by atomic mass is 9.68. The lowest BCUT2D eigenvalue weighted by molar-refractivity contribution is 0.00908. The molecule has 30 heavy (non-hydrogen) atoms. The molecule has 1 aliphatic carbocycles. The molecule has 2 bridgehead atoms. The zero-order chi connectivity index (χ0) is 20.7. The van der Waals surface area contributed by atoms with E-state index in [4.69, 9.17) is 4.74 Å². The maximum Gasteiger partial charge on any atom is 0.337 e. The number of carbonyl (C=O) groups excluding carboxylic acids is 2. The molecule has 6 nitrogen and oxygen atoms in total. The molecule has 0 spiro atoms. The van der Waals surface area contributed by atoms with E-state index in [1.807, 2.05) is 0 Å². The summed E-state index contributed by atoms with van der Waals surface area (Å²) in [5.41, 5.74) is 2.68. The fourth-order valence-corrected chi connectivity index (χ4v) is 6.20. The van der Waals surface area contributed by atoms with Gasteiger partial charge in [-0.25, -0.2) is 9.59 Å². The highest BCUT2D eigenvalue weighted by molar-refractivity contribution is 5.92. The molecule has 4 atom stereocenters. The number of urea groups is 1. The molecule has 0 radical (unpaired) electrons. The van der Waals surface area contributed by atoms with Gasteiger partial charge < -0.3 is 15.0 Å². The smallest absolute Gasteiger partial charge is 0.337 e. The molecule has 2 amide bonds. The number of nitrogens with zero attached hydrogens (tertiary/aromatic N) is 2. The average Bonchev–Trinajstić information content (AvgIpc) is 2.78. The summed E-state index contributed by atoms with van der Waals surface area (Å²) in [6.45, 7) is 3.14. The third kappa shape index (κ3) is 3.51. The van der Waals surface area contributed by atoms with E-state index in [1.165, 1.54) is 44.9 Å². The van der Waals surface area contributed by atoms with E-state index in [1.54, 1.807) is 24.3 Å². The number of carbonyl (C=O) groups is 2. The number of methoxy groups -OCH3 is 1. The first-order valence-corrected chi connectivity index (χ1v) is 11.3. The predicted molar refractivity (Wildman–Crippen MR) is 115 cm³/mol. The molecule has 6 heteroatoms. The van der Waals surface area contributed by atoms with E-state index in [-0.39, 0.29) is 18.0 Å². The number of likely N-dealkylation sites (tertiary alicyclic amines) is 1. The predicted octanol–water partition coefficient (Wildman–Crippen LogP) is 3.90. The Labute approximate surface area is 178 Å². The van der Waals surface area contributed by atoms with Gasteiger partial charge in [-0.3, -0.25) is 4.90 Å². The van der Waals surface area contributed by atoms with Crippen molar-refractivity contribution in [3.63, 3.8) is 0 Å². The Hall–Kier alpha value is -2.34. The summed E-state index contributed by atoms with van der Waals surface area (Å²) in [6, 6.07) is 7.82. The number of benzene rings is 1. The van der Waals surface area contributed by atoms with Crippen LogP contribution in [0.4, 0.5) is 10.5 Å². The van der Waals surface area contributed by atoms with Gasteiger partial charge in [0.15, 0.2) is 0 Å². The second kappa shape index (κ2) is 8.06. The Bertz CT molecular complexity index is 850. The molecule has 3 saturated heterocycles. The van der Waals surface area contributed by atoms with Gasteiger partial charge in [0.25, 0.3) is 0 Å². The highest BCUT2D eigenvalue weighted by atomic mass is 16.5. The van der Waals surface area contributed by atoms with E-state index >= 15 is 0 Å². The Kier molecular flexibility index (Phi) is 5.27. The van der Waals surface area contributed by atoms with E-state index in [2.05, 4.69) is 21.2 Å². The highest BCUT2D eigenvalue weighted by Crippen LogP contribution is 2.45. The molecule has 1 aromatic carbocycles. The molecule has 1 N–H and O–H groups in total. The Morgan fingerprint density at radius 3 is 2.73 bits per heavy atom. The lowest BCUT2D eigenvalue weighted by Gasteiger charge is -2.54. The van der Waals surface area contributed by atoms with Crippen molar-refractivity contribution in [3.05, 3.63) is 41.5 Å². The van der Waals surface area contributed by atoms with Gasteiger partial charge in [0, 0.05) is 24.8 Å². The second-order valence-corrected chi connectivity index (χ2v) is 9.20. The van der Waals surface area contributed by atoms with Gasteiger partial charge in [0.2, 0.25) is 0 Å². The molecule has 0 saturated carbocycles. The van der Waals surface area contributed by atoms with Crippen molar-refractivity contribution >= 4 is 17.7 Å². The van der Waals surface area contributed by atoms with Crippen LogP contribution >= 0.6 is 0 Å². The van der Waals surface area contributed by atoms with Crippen LogP contribution in [0.15, 0.2) is 35.9 Å². The van der Waals surface area contributed by atoms with Crippen LogP contribution in [-0.4, -0.2) is 60.6 Å². The normalized spacial score (nSPS) is 30.6. The zero-order valence-corrected chi connectivity index (χ0v) is 17.7. The molecule has 3 fully saturated rings. The van der Waals surface area contributed by atoms with Gasteiger partial charge >= 0.3 is 12.0 Å². The molecule has 160 valence electrons. The van der Waals surface area contributed by atoms with Crippen LogP contribution in [0.5, 0.6) is 0 Å². The number of hydrogen-bond acceptors (Lipinski definition) is 4. The quantitative estimate of drug-likeness (QED) is 0.594. The highest BCUT2D eigenvalue weighted by Gasteiger charge is 2.46. The molecule has 3 heterocycles. The standard InChI is InChI=1S/C24H31N3O3/c1-30-23(28)16-7-9-20(10-8-16)25-24(29)27-12-4-5-17-13-18-14-19(22(17)27)15-26-11-3-2-6-21(18)26/h7-10,13,18-19,21-22H,2-6,11-12,14-15H2,1H3,(H,25,29)/t18-,19-,21-,22-/m1/s1. The Balaban J connectivity index is 1.33. The van der Waals surface area contributed by atoms with Gasteiger partial charge in [-0.2, -0.15) is 0 Å². The third-order valence-electron chi connectivity index (χ3n) is 7.48. The van der Waals surface area contributed by atoms with E-state index < -0.39 is 0 Å². The van der Waals surface area contributed by atoms with Crippen LogP contribution in [0.3, 0.4) is 0 Å². The van der Waals surface area contributed by atoms with E-state index in [0.717, 1.165) is 32.0 Å². The van der Waals surface area contributed by atoms with Crippen molar-refractivity contribution < 1.29 is 14.3 Å². The molecule has 0 aromatic heterocycles. The summed E-state index contributed by atoms with van der Waals surface area (Å²) in [5, 5.41) is 3.05. The van der Waals surface area contributed by atoms with Gasteiger partial charge in [0.05, 0.1) is 18.7 Å². The monoisotopic (exact) mass is 409 g/mol. The number of piperidine rings is 3. The zero-order valence-electron chi connectivity index (χ0n) is 17.7. The van der Waals surface area contributed by atoms with Crippen LogP contribution in [0.2, 0.25) is 0 Å². The van der Waals surface area contributed by atoms with Crippen LogP contribution in [0.1, 0.15) is 48.9 Å². The topological polar surface area (TPSA) is 61.9 Å². The van der Waals surface area contributed by atoms with Crippen molar-refractivity contribution in [1.29, 1.82) is 0 Å². The van der Waals surface area contributed by atoms with Crippen molar-refractivity contribution in [1.82, 2.24) is 9.80 Å². The first kappa shape index (κ1) is 19.6. The van der Waals surface area contributed by atoms with Crippen LogP contribution in [-0.2, 0) is 4.74 Å². The number of esters is 1. The van der Waals surface area contributed by atoms with Crippen LogP contribution < -0.4 is 5.32 Å². The number of amides is 2. The van der Waals surface area contributed by atoms with Gasteiger partial charge in [-0.15, -0.1) is 0 Å². The SMILES string of the molecule is COC(=O)c1ccc(NC(=O)N2CCCC3=C[C@@H]4C[C@H](CN5CCCC[C@H]45)[C@@H]32)cc1. The van der Waals surface area contributed by atoms with E-state index in [9.17, 15) is 9.59 Å². The fraction of sp³-hybridized carbons (Fsp3) is 0.583. The fourth-order valence-electron chi connectivity index (χ4n) is 6.20. The summed E-state index contributed by atoms with van der Waals surface area (Å²) < 4.78 is 4.74. The number of anilines is 1. The minimum Gasteiger partial charge on any atom is -0.465 e. The number of ether oxygens (including phenoxy) is 1. The van der Waals surface area contributed by atoms with Gasteiger partial charge in [-0.1, -0.05) is 18.1 Å². The summed E-state index contributed by atoms with van der Waals surface area (Å²) in [4.78, 5) is 29.6. The molecule has 0 unspecified atom stereocenters. The molecule has 3 aliphatic heterocycles. The minimum absolute atomic E-state index is 0.0318. The molecular formula is C24H31N3O3. The first-order valence-electron chi connectivity index (χ1n) is 11.3. The maximum atomic E-state index is 13.2. The van der Waals surface area contributed by atoms with Crippen molar-refractivity contribution in [3.8, 4) is 0 Å². The molecule has 4 aliphatic rings. The lowest BCUT2D eigenvalue weighted by Crippen LogP contribution is -2.60. The Morgan fingerprint density at radius 1 is 1.10 bits per heavy atom. The van der Waals surface area contributed by atoms with Gasteiger partial charge in [0.1, 0.15) is 0 Å². The van der Waals surface area contributed by atoms with Crippen LogP contribution in [0, 0.1) is 11.8 Å². The number of hydrogen-bond donors (Lipinski definition) is 1. The van der Waals surface area contributed by atoms with Gasteiger partial charge in [-0.05, 0) is 74.8 Å². The minimum atomic E-state index is -0.372. The van der Waals surface area contributed by atoms with Crippen molar-refractivity contribution in [2.75, 3.05) is 32.1 Å². The Morgan fingerprint density at radius 2 is 1.93 bits per heavy atom. The largest absolute Gasteiger partial charge is 0.465 e. The average molecular weight is 410 g/mol. The first-order chi connectivity index (χ1) is 14.6. The summed E-state index contributed by atoms with van der Waals surface area (Å²) in [5.74, 6) is 0.838. The summed E-state index contributed by atoms with van der Waals surface area (Å²) >= 11 is 0. The number of nitrogens with one attached hydrogen (secondary N) is 1. The number of fused-ring (bicyclic) bond motifs is 6. The summed E-state index contributed by atoms with van der Waals surface area (Å²) in [6.07, 6.45) is 9.91.